The quantitative estimate of drug-likeness (QED) is 0.329. The summed E-state index contributed by atoms with van der Waals surface area (Å²) in [5.41, 5.74) is 0. The van der Waals surface area contributed by atoms with Crippen LogP contribution in [0, 0.1) is 11.8 Å². The maximum atomic E-state index is 11.1. The van der Waals surface area contributed by atoms with E-state index in [0.717, 1.165) is 18.3 Å². The van der Waals surface area contributed by atoms with E-state index in [-0.39, 0.29) is 5.97 Å². The molecule has 20 heavy (non-hydrogen) atoms. The van der Waals surface area contributed by atoms with E-state index >= 15 is 0 Å². The van der Waals surface area contributed by atoms with Gasteiger partial charge in [0.15, 0.2) is 0 Å². The Bertz CT molecular complexity index is 250. The Morgan fingerprint density at radius 3 is 2.05 bits per heavy atom. The smallest absolute Gasteiger partial charge is 0.305 e. The minimum Gasteiger partial charge on any atom is -0.466 e. The summed E-state index contributed by atoms with van der Waals surface area (Å²) in [6.45, 7) is 4.70. The summed E-state index contributed by atoms with van der Waals surface area (Å²) in [7, 11) is 0. The molecule has 1 fully saturated rings. The Morgan fingerprint density at radius 1 is 0.900 bits per heavy atom. The number of hydrogen-bond acceptors (Lipinski definition) is 2. The van der Waals surface area contributed by atoms with Gasteiger partial charge in [0.25, 0.3) is 0 Å². The summed E-state index contributed by atoms with van der Waals surface area (Å²) in [5.74, 6) is 2.13. The number of ether oxygens (including phenoxy) is 1. The highest BCUT2D eigenvalue weighted by molar-refractivity contribution is 5.69. The summed E-state index contributed by atoms with van der Waals surface area (Å²) in [4.78, 5) is 11.1. The molecule has 0 N–H and O–H groups in total. The normalized spacial score (nSPS) is 20.9. The number of rotatable bonds is 13. The molecule has 1 aliphatic rings. The molecule has 1 saturated carbocycles. The number of hydrogen-bond donors (Lipinski definition) is 0. The fraction of sp³-hybridized carbons (Fsp3) is 0.944. The van der Waals surface area contributed by atoms with Crippen LogP contribution in [0.3, 0.4) is 0 Å². The van der Waals surface area contributed by atoms with Crippen molar-refractivity contribution in [3.05, 3.63) is 0 Å². The second-order valence-corrected chi connectivity index (χ2v) is 6.34. The molecule has 0 amide bonds. The van der Waals surface area contributed by atoms with Crippen molar-refractivity contribution in [1.82, 2.24) is 0 Å². The van der Waals surface area contributed by atoms with Gasteiger partial charge < -0.3 is 4.74 Å². The molecule has 2 heteroatoms. The van der Waals surface area contributed by atoms with Gasteiger partial charge in [0.05, 0.1) is 6.61 Å². The predicted octanol–water partition coefficient (Wildman–Crippen LogP) is 5.50. The van der Waals surface area contributed by atoms with Crippen molar-refractivity contribution in [3.63, 3.8) is 0 Å². The van der Waals surface area contributed by atoms with Crippen LogP contribution in [0.2, 0.25) is 0 Å². The third-order valence-electron chi connectivity index (χ3n) is 4.60. The van der Waals surface area contributed by atoms with Crippen molar-refractivity contribution >= 4 is 5.97 Å². The maximum absolute atomic E-state index is 11.1. The summed E-state index contributed by atoms with van der Waals surface area (Å²) in [6.07, 6.45) is 15.4. The predicted molar refractivity (Wildman–Crippen MR) is 84.7 cm³/mol. The zero-order valence-corrected chi connectivity index (χ0v) is 13.7. The van der Waals surface area contributed by atoms with Gasteiger partial charge in [-0.05, 0) is 31.6 Å². The summed E-state index contributed by atoms with van der Waals surface area (Å²) < 4.78 is 4.91. The largest absolute Gasteiger partial charge is 0.466 e. The Balaban J connectivity index is 1.71. The Hall–Kier alpha value is -0.530. The molecule has 0 saturated heterocycles. The van der Waals surface area contributed by atoms with Crippen LogP contribution < -0.4 is 0 Å². The summed E-state index contributed by atoms with van der Waals surface area (Å²) in [5, 5.41) is 0. The molecule has 0 heterocycles. The number of unbranched alkanes of at least 4 members (excludes halogenated alkanes) is 7. The molecule has 0 bridgehead atoms. The first-order valence-corrected chi connectivity index (χ1v) is 8.93. The van der Waals surface area contributed by atoms with E-state index in [1.807, 2.05) is 6.92 Å². The first-order chi connectivity index (χ1) is 9.77. The van der Waals surface area contributed by atoms with Crippen LogP contribution in [0.15, 0.2) is 0 Å². The number of carbonyl (C=O) groups is 1. The van der Waals surface area contributed by atoms with E-state index in [4.69, 9.17) is 4.74 Å². The molecule has 0 aromatic rings. The van der Waals surface area contributed by atoms with Crippen LogP contribution >= 0.6 is 0 Å². The molecule has 0 aromatic heterocycles. The highest BCUT2D eigenvalue weighted by Gasteiger charge is 2.33. The molecular weight excluding hydrogens is 248 g/mol. The molecule has 0 spiro atoms. The molecule has 118 valence electrons. The van der Waals surface area contributed by atoms with E-state index in [0.29, 0.717) is 13.0 Å². The van der Waals surface area contributed by atoms with Crippen LogP contribution in [0.4, 0.5) is 0 Å². The van der Waals surface area contributed by atoms with Gasteiger partial charge in [-0.3, -0.25) is 4.79 Å². The number of carbonyl (C=O) groups excluding carboxylic acids is 1. The van der Waals surface area contributed by atoms with Gasteiger partial charge in [-0.1, -0.05) is 64.7 Å². The van der Waals surface area contributed by atoms with Gasteiger partial charge in [0.2, 0.25) is 0 Å². The third kappa shape index (κ3) is 8.60. The second-order valence-electron chi connectivity index (χ2n) is 6.34. The minimum absolute atomic E-state index is 0.0297. The van der Waals surface area contributed by atoms with Gasteiger partial charge in [-0.25, -0.2) is 0 Å². The standard InChI is InChI=1S/C18H34O2/c1-3-16-15-17(16)13-11-9-7-5-6-8-10-12-14-18(19)20-4-2/h16-17H,3-15H2,1-2H3/t16-,17+/m1/s1. The summed E-state index contributed by atoms with van der Waals surface area (Å²) >= 11 is 0. The zero-order chi connectivity index (χ0) is 14.6. The maximum Gasteiger partial charge on any atom is 0.305 e. The Labute approximate surface area is 125 Å². The SMILES string of the molecule is CCOC(=O)CCCCCCCCCC[C@H]1C[C@H]1CC. The molecular formula is C18H34O2. The van der Waals surface area contributed by atoms with Crippen LogP contribution in [0.5, 0.6) is 0 Å². The fourth-order valence-corrected chi connectivity index (χ4v) is 3.13. The van der Waals surface area contributed by atoms with Gasteiger partial charge >= 0.3 is 5.97 Å². The average molecular weight is 282 g/mol. The number of esters is 1. The van der Waals surface area contributed by atoms with Gasteiger partial charge in [0, 0.05) is 6.42 Å². The van der Waals surface area contributed by atoms with Crippen molar-refractivity contribution in [2.24, 2.45) is 11.8 Å². The van der Waals surface area contributed by atoms with Crippen LogP contribution in [0.25, 0.3) is 0 Å². The van der Waals surface area contributed by atoms with Crippen molar-refractivity contribution in [2.45, 2.75) is 90.9 Å². The Morgan fingerprint density at radius 2 is 1.50 bits per heavy atom. The van der Waals surface area contributed by atoms with Crippen LogP contribution in [-0.2, 0) is 9.53 Å². The molecule has 0 radical (unpaired) electrons. The fourth-order valence-electron chi connectivity index (χ4n) is 3.13. The molecule has 0 unspecified atom stereocenters. The monoisotopic (exact) mass is 282 g/mol. The van der Waals surface area contributed by atoms with Crippen molar-refractivity contribution in [1.29, 1.82) is 0 Å². The molecule has 1 aliphatic carbocycles. The van der Waals surface area contributed by atoms with E-state index in [1.165, 1.54) is 64.2 Å². The molecule has 2 nitrogen and oxygen atoms in total. The molecule has 2 atom stereocenters. The average Bonchev–Trinajstić information content (AvgIpc) is 3.20. The van der Waals surface area contributed by atoms with Crippen LogP contribution in [-0.4, -0.2) is 12.6 Å². The van der Waals surface area contributed by atoms with Crippen molar-refractivity contribution < 1.29 is 9.53 Å². The lowest BCUT2D eigenvalue weighted by Gasteiger charge is -2.03. The highest BCUT2D eigenvalue weighted by atomic mass is 16.5. The van der Waals surface area contributed by atoms with Crippen molar-refractivity contribution in [2.75, 3.05) is 6.61 Å². The topological polar surface area (TPSA) is 26.3 Å². The molecule has 1 rings (SSSR count). The van der Waals surface area contributed by atoms with E-state index in [1.54, 1.807) is 0 Å². The van der Waals surface area contributed by atoms with Gasteiger partial charge in [-0.2, -0.15) is 0 Å². The Kier molecular flexibility index (Phi) is 9.78. The second kappa shape index (κ2) is 11.2. The van der Waals surface area contributed by atoms with E-state index < -0.39 is 0 Å². The molecule has 0 aromatic carbocycles. The first kappa shape index (κ1) is 17.5. The van der Waals surface area contributed by atoms with E-state index in [2.05, 4.69) is 6.92 Å². The lowest BCUT2D eigenvalue weighted by molar-refractivity contribution is -0.143. The highest BCUT2D eigenvalue weighted by Crippen LogP contribution is 2.44. The van der Waals surface area contributed by atoms with Crippen molar-refractivity contribution in [3.8, 4) is 0 Å². The van der Waals surface area contributed by atoms with Gasteiger partial charge in [-0.15, -0.1) is 0 Å². The molecule has 0 aliphatic heterocycles. The summed E-state index contributed by atoms with van der Waals surface area (Å²) in [6, 6.07) is 0. The van der Waals surface area contributed by atoms with Gasteiger partial charge in [0.1, 0.15) is 0 Å². The minimum atomic E-state index is -0.0297. The van der Waals surface area contributed by atoms with E-state index in [9.17, 15) is 4.79 Å². The van der Waals surface area contributed by atoms with Crippen LogP contribution in [0.1, 0.15) is 90.9 Å². The zero-order valence-electron chi connectivity index (χ0n) is 13.7. The lowest BCUT2D eigenvalue weighted by atomic mass is 10.0. The first-order valence-electron chi connectivity index (χ1n) is 8.93. The lowest BCUT2D eigenvalue weighted by Crippen LogP contribution is -2.03. The third-order valence-corrected chi connectivity index (χ3v) is 4.60.